The van der Waals surface area contributed by atoms with E-state index < -0.39 is 16.1 Å². The van der Waals surface area contributed by atoms with Crippen LogP contribution in [0.5, 0.6) is 11.5 Å². The zero-order valence-corrected chi connectivity index (χ0v) is 14.4. The molecule has 0 unspecified atom stereocenters. The van der Waals surface area contributed by atoms with Gasteiger partial charge in [0.2, 0.25) is 10.0 Å². The molecule has 0 aromatic heterocycles. The van der Waals surface area contributed by atoms with Crippen LogP contribution in [-0.4, -0.2) is 22.6 Å². The van der Waals surface area contributed by atoms with Crippen LogP contribution in [0.1, 0.15) is 24.1 Å². The molecule has 0 aliphatic heterocycles. The summed E-state index contributed by atoms with van der Waals surface area (Å²) in [5.41, 5.74) is 0.932. The monoisotopic (exact) mass is 346 g/mol. The van der Waals surface area contributed by atoms with E-state index >= 15 is 0 Å². The zero-order valence-electron chi connectivity index (χ0n) is 13.6. The van der Waals surface area contributed by atoms with E-state index in [2.05, 4.69) is 4.72 Å². The summed E-state index contributed by atoms with van der Waals surface area (Å²) >= 11 is 0. The zero-order chi connectivity index (χ0) is 17.7. The van der Waals surface area contributed by atoms with Gasteiger partial charge in [-0.1, -0.05) is 6.07 Å². The molecule has 2 rings (SSSR count). The molecule has 126 valence electrons. The van der Waals surface area contributed by atoms with Gasteiger partial charge in [0, 0.05) is 11.6 Å². The fourth-order valence-corrected chi connectivity index (χ4v) is 3.54. The van der Waals surface area contributed by atoms with E-state index in [-0.39, 0.29) is 10.5 Å². The van der Waals surface area contributed by atoms with Crippen molar-refractivity contribution < 1.29 is 17.9 Å². The summed E-state index contributed by atoms with van der Waals surface area (Å²) < 4.78 is 38.2. The molecule has 0 saturated carbocycles. The van der Waals surface area contributed by atoms with Gasteiger partial charge in [0.1, 0.15) is 11.5 Å². The van der Waals surface area contributed by atoms with E-state index in [1.54, 1.807) is 31.2 Å². The van der Waals surface area contributed by atoms with Gasteiger partial charge in [0.15, 0.2) is 0 Å². The molecule has 1 N–H and O–H groups in total. The highest BCUT2D eigenvalue weighted by Gasteiger charge is 2.21. The average molecular weight is 346 g/mol. The van der Waals surface area contributed by atoms with E-state index in [9.17, 15) is 8.42 Å². The van der Waals surface area contributed by atoms with Crippen LogP contribution in [0.2, 0.25) is 0 Å². The number of ether oxygens (including phenoxy) is 2. The quantitative estimate of drug-likeness (QED) is 0.868. The highest BCUT2D eigenvalue weighted by molar-refractivity contribution is 7.89. The molecule has 0 radical (unpaired) electrons. The van der Waals surface area contributed by atoms with Crippen molar-refractivity contribution in [1.82, 2.24) is 4.72 Å². The molecule has 0 fully saturated rings. The Labute approximate surface area is 141 Å². The molecular weight excluding hydrogens is 328 g/mol. The molecule has 1 atom stereocenters. The minimum absolute atomic E-state index is 0.0373. The van der Waals surface area contributed by atoms with Gasteiger partial charge < -0.3 is 9.47 Å². The number of hydrogen-bond donors (Lipinski definition) is 1. The van der Waals surface area contributed by atoms with E-state index in [1.807, 2.05) is 6.07 Å². The Balaban J connectivity index is 2.34. The normalized spacial score (nSPS) is 12.2. The summed E-state index contributed by atoms with van der Waals surface area (Å²) in [6.07, 6.45) is 0. The standard InChI is InChI=1S/C17H18N2O4S/c1-12(16-10-14(22-2)7-8-17(16)23-3)19-24(20,21)15-6-4-5-13(9-15)11-18/h4-10,12,19H,1-3H3/t12-/m0/s1. The molecule has 0 amide bonds. The van der Waals surface area contributed by atoms with Gasteiger partial charge >= 0.3 is 0 Å². The highest BCUT2D eigenvalue weighted by atomic mass is 32.2. The third-order valence-corrected chi connectivity index (χ3v) is 5.05. The maximum Gasteiger partial charge on any atom is 0.241 e. The number of rotatable bonds is 6. The van der Waals surface area contributed by atoms with Crippen molar-refractivity contribution in [3.8, 4) is 17.6 Å². The number of methoxy groups -OCH3 is 2. The summed E-state index contributed by atoms with van der Waals surface area (Å²) in [6.45, 7) is 1.71. The smallest absolute Gasteiger partial charge is 0.241 e. The fraction of sp³-hybridized carbons (Fsp3) is 0.235. The fourth-order valence-electron chi connectivity index (χ4n) is 2.27. The molecule has 0 aliphatic rings. The first-order valence-corrected chi connectivity index (χ1v) is 8.64. The second-order valence-electron chi connectivity index (χ2n) is 5.09. The Hall–Kier alpha value is -2.56. The third-order valence-electron chi connectivity index (χ3n) is 3.51. The number of nitrogens with zero attached hydrogens (tertiary/aromatic N) is 1. The molecule has 0 aliphatic carbocycles. The van der Waals surface area contributed by atoms with Crippen LogP contribution in [0.4, 0.5) is 0 Å². The maximum atomic E-state index is 12.5. The topological polar surface area (TPSA) is 88.4 Å². The average Bonchev–Trinajstić information content (AvgIpc) is 2.60. The van der Waals surface area contributed by atoms with E-state index in [4.69, 9.17) is 14.7 Å². The second kappa shape index (κ2) is 7.34. The van der Waals surface area contributed by atoms with Crippen molar-refractivity contribution >= 4 is 10.0 Å². The Morgan fingerprint density at radius 1 is 1.12 bits per heavy atom. The molecular formula is C17H18N2O4S. The van der Waals surface area contributed by atoms with Gasteiger partial charge in [0.25, 0.3) is 0 Å². The number of sulfonamides is 1. The minimum atomic E-state index is -3.78. The Morgan fingerprint density at radius 3 is 2.50 bits per heavy atom. The Bertz CT molecular complexity index is 872. The van der Waals surface area contributed by atoms with Crippen molar-refractivity contribution in [3.05, 3.63) is 53.6 Å². The van der Waals surface area contributed by atoms with Crippen molar-refractivity contribution in [2.24, 2.45) is 0 Å². The largest absolute Gasteiger partial charge is 0.497 e. The van der Waals surface area contributed by atoms with Crippen molar-refractivity contribution in [3.63, 3.8) is 0 Å². The first-order chi connectivity index (χ1) is 11.4. The molecule has 0 bridgehead atoms. The number of nitriles is 1. The Morgan fingerprint density at radius 2 is 1.88 bits per heavy atom. The van der Waals surface area contributed by atoms with Gasteiger partial charge in [-0.3, -0.25) is 0 Å². The lowest BCUT2D eigenvalue weighted by Crippen LogP contribution is -2.27. The minimum Gasteiger partial charge on any atom is -0.497 e. The molecule has 6 nitrogen and oxygen atoms in total. The van der Waals surface area contributed by atoms with E-state index in [0.29, 0.717) is 17.1 Å². The lowest BCUT2D eigenvalue weighted by Gasteiger charge is -2.18. The van der Waals surface area contributed by atoms with Crippen LogP contribution >= 0.6 is 0 Å². The molecule has 0 spiro atoms. The molecule has 0 heterocycles. The van der Waals surface area contributed by atoms with Gasteiger partial charge in [-0.25, -0.2) is 13.1 Å². The lowest BCUT2D eigenvalue weighted by molar-refractivity contribution is 0.395. The highest BCUT2D eigenvalue weighted by Crippen LogP contribution is 2.30. The van der Waals surface area contributed by atoms with Crippen molar-refractivity contribution in [1.29, 1.82) is 5.26 Å². The lowest BCUT2D eigenvalue weighted by atomic mass is 10.1. The molecule has 24 heavy (non-hydrogen) atoms. The molecule has 7 heteroatoms. The Kier molecular flexibility index (Phi) is 5.44. The van der Waals surface area contributed by atoms with Gasteiger partial charge in [0.05, 0.1) is 30.7 Å². The van der Waals surface area contributed by atoms with Crippen LogP contribution < -0.4 is 14.2 Å². The summed E-state index contributed by atoms with van der Waals surface area (Å²) in [4.78, 5) is 0.0373. The summed E-state index contributed by atoms with van der Waals surface area (Å²) in [5, 5.41) is 8.92. The molecule has 2 aromatic rings. The maximum absolute atomic E-state index is 12.5. The van der Waals surface area contributed by atoms with Crippen LogP contribution in [0.15, 0.2) is 47.4 Å². The summed E-state index contributed by atoms with van der Waals surface area (Å²) in [6, 6.07) is 12.4. The first kappa shape index (κ1) is 17.8. The van der Waals surface area contributed by atoms with Crippen LogP contribution in [0.3, 0.4) is 0 Å². The predicted molar refractivity (Wildman–Crippen MR) is 89.4 cm³/mol. The van der Waals surface area contributed by atoms with Crippen LogP contribution in [-0.2, 0) is 10.0 Å². The van der Waals surface area contributed by atoms with E-state index in [1.165, 1.54) is 32.4 Å². The second-order valence-corrected chi connectivity index (χ2v) is 6.80. The van der Waals surface area contributed by atoms with Gasteiger partial charge in [-0.15, -0.1) is 0 Å². The molecule has 0 saturated heterocycles. The summed E-state index contributed by atoms with van der Waals surface area (Å²) in [7, 11) is -0.730. The third kappa shape index (κ3) is 3.85. The SMILES string of the molecule is COc1ccc(OC)c([C@H](C)NS(=O)(=O)c2cccc(C#N)c2)c1. The predicted octanol–water partition coefficient (Wildman–Crippen LogP) is 2.61. The van der Waals surface area contributed by atoms with E-state index in [0.717, 1.165) is 0 Å². The van der Waals surface area contributed by atoms with Crippen molar-refractivity contribution in [2.45, 2.75) is 17.9 Å². The van der Waals surface area contributed by atoms with Gasteiger partial charge in [-0.2, -0.15) is 5.26 Å². The number of hydrogen-bond acceptors (Lipinski definition) is 5. The van der Waals surface area contributed by atoms with Crippen molar-refractivity contribution in [2.75, 3.05) is 14.2 Å². The number of benzene rings is 2. The van der Waals surface area contributed by atoms with Gasteiger partial charge in [-0.05, 0) is 43.3 Å². The first-order valence-electron chi connectivity index (χ1n) is 7.15. The molecule has 2 aromatic carbocycles. The number of nitrogens with one attached hydrogen (secondary N) is 1. The summed E-state index contributed by atoms with van der Waals surface area (Å²) in [5.74, 6) is 1.15. The van der Waals surface area contributed by atoms with Crippen LogP contribution in [0.25, 0.3) is 0 Å². The van der Waals surface area contributed by atoms with Crippen LogP contribution in [0, 0.1) is 11.3 Å².